The summed E-state index contributed by atoms with van der Waals surface area (Å²) in [5.41, 5.74) is 0.515. The minimum atomic E-state index is -0.0571. The fraction of sp³-hybridized carbons (Fsp3) is 0.500. The van der Waals surface area contributed by atoms with Gasteiger partial charge in [-0.05, 0) is 31.0 Å². The Hall–Kier alpha value is -1.11. The Balaban J connectivity index is 1.52. The average molecular weight is 401 g/mol. The van der Waals surface area contributed by atoms with Crippen molar-refractivity contribution >= 4 is 39.3 Å². The molecular formula is C16H19BrClN3O2. The SMILES string of the molecule is O=C(CN1CCN(C(=O)c2cc(Br)ccc2Cl)CC1)NC1CC1. The normalized spacial score (nSPS) is 18.8. The van der Waals surface area contributed by atoms with Gasteiger partial charge in [-0.1, -0.05) is 27.5 Å². The highest BCUT2D eigenvalue weighted by atomic mass is 79.9. The summed E-state index contributed by atoms with van der Waals surface area (Å²) in [6.45, 7) is 3.04. The highest BCUT2D eigenvalue weighted by molar-refractivity contribution is 9.10. The largest absolute Gasteiger partial charge is 0.352 e. The lowest BCUT2D eigenvalue weighted by molar-refractivity contribution is -0.122. The van der Waals surface area contributed by atoms with Crippen LogP contribution in [0.25, 0.3) is 0 Å². The highest BCUT2D eigenvalue weighted by Gasteiger charge is 2.27. The number of hydrogen-bond acceptors (Lipinski definition) is 3. The molecule has 124 valence electrons. The zero-order valence-electron chi connectivity index (χ0n) is 12.7. The van der Waals surface area contributed by atoms with Crippen molar-refractivity contribution in [3.05, 3.63) is 33.3 Å². The topological polar surface area (TPSA) is 52.7 Å². The lowest BCUT2D eigenvalue weighted by Gasteiger charge is -2.34. The first-order valence-corrected chi connectivity index (χ1v) is 8.96. The predicted molar refractivity (Wildman–Crippen MR) is 92.7 cm³/mol. The van der Waals surface area contributed by atoms with E-state index in [1.807, 2.05) is 6.07 Å². The van der Waals surface area contributed by atoms with Crippen LogP contribution >= 0.6 is 27.5 Å². The number of hydrogen-bond donors (Lipinski definition) is 1. The van der Waals surface area contributed by atoms with Gasteiger partial charge in [-0.15, -0.1) is 0 Å². The standard InChI is InChI=1S/C16H19BrClN3O2/c17-11-1-4-14(18)13(9-11)16(23)21-7-5-20(6-8-21)10-15(22)19-12-2-3-12/h1,4,9,12H,2-3,5-8,10H2,(H,19,22). The van der Waals surface area contributed by atoms with E-state index in [1.165, 1.54) is 0 Å². The first-order chi connectivity index (χ1) is 11.0. The molecule has 0 radical (unpaired) electrons. The zero-order valence-corrected chi connectivity index (χ0v) is 15.1. The quantitative estimate of drug-likeness (QED) is 0.842. The third-order valence-electron chi connectivity index (χ3n) is 4.13. The van der Waals surface area contributed by atoms with Crippen LogP contribution in [0.15, 0.2) is 22.7 Å². The minimum Gasteiger partial charge on any atom is -0.352 e. The van der Waals surface area contributed by atoms with Crippen LogP contribution in [0, 0.1) is 0 Å². The Kier molecular flexibility index (Phi) is 5.24. The van der Waals surface area contributed by atoms with Crippen LogP contribution in [0.1, 0.15) is 23.2 Å². The Morgan fingerprint density at radius 2 is 1.91 bits per heavy atom. The van der Waals surface area contributed by atoms with Crippen molar-refractivity contribution in [1.29, 1.82) is 0 Å². The Morgan fingerprint density at radius 3 is 2.57 bits per heavy atom. The van der Waals surface area contributed by atoms with Gasteiger partial charge in [0.05, 0.1) is 17.1 Å². The van der Waals surface area contributed by atoms with Crippen LogP contribution in [0.5, 0.6) is 0 Å². The fourth-order valence-electron chi connectivity index (χ4n) is 2.64. The summed E-state index contributed by atoms with van der Waals surface area (Å²) in [4.78, 5) is 28.3. The Bertz CT molecular complexity index is 613. The lowest BCUT2D eigenvalue weighted by atomic mass is 10.2. The van der Waals surface area contributed by atoms with E-state index in [-0.39, 0.29) is 11.8 Å². The molecule has 1 aromatic rings. The summed E-state index contributed by atoms with van der Waals surface area (Å²) in [5.74, 6) is 0.0284. The van der Waals surface area contributed by atoms with E-state index in [9.17, 15) is 9.59 Å². The van der Waals surface area contributed by atoms with Crippen molar-refractivity contribution in [3.63, 3.8) is 0 Å². The summed E-state index contributed by atoms with van der Waals surface area (Å²) in [6, 6.07) is 5.68. The van der Waals surface area contributed by atoms with Crippen molar-refractivity contribution in [2.75, 3.05) is 32.7 Å². The van der Waals surface area contributed by atoms with Crippen LogP contribution in [0.4, 0.5) is 0 Å². The van der Waals surface area contributed by atoms with Gasteiger partial charge in [0, 0.05) is 36.7 Å². The van der Waals surface area contributed by atoms with Crippen LogP contribution in [-0.2, 0) is 4.79 Å². The predicted octanol–water partition coefficient (Wildman–Crippen LogP) is 2.14. The second kappa shape index (κ2) is 7.20. The van der Waals surface area contributed by atoms with Crippen LogP contribution in [0.2, 0.25) is 5.02 Å². The van der Waals surface area contributed by atoms with Gasteiger partial charge in [0.2, 0.25) is 5.91 Å². The number of piperazine rings is 1. The number of carbonyl (C=O) groups excluding carboxylic acids is 2. The molecule has 1 aliphatic heterocycles. The molecule has 3 rings (SSSR count). The number of amides is 2. The van der Waals surface area contributed by atoms with Gasteiger partial charge in [0.25, 0.3) is 5.91 Å². The monoisotopic (exact) mass is 399 g/mol. The van der Waals surface area contributed by atoms with Gasteiger partial charge < -0.3 is 10.2 Å². The van der Waals surface area contributed by atoms with E-state index in [4.69, 9.17) is 11.6 Å². The Labute approximate surface area is 149 Å². The lowest BCUT2D eigenvalue weighted by Crippen LogP contribution is -2.51. The molecule has 1 aromatic carbocycles. The second-order valence-corrected chi connectivity index (χ2v) is 7.36. The highest BCUT2D eigenvalue weighted by Crippen LogP contribution is 2.23. The van der Waals surface area contributed by atoms with Gasteiger partial charge in [-0.3, -0.25) is 14.5 Å². The molecule has 2 amide bonds. The average Bonchev–Trinajstić information content (AvgIpc) is 3.33. The Morgan fingerprint density at radius 1 is 1.22 bits per heavy atom. The number of benzene rings is 1. The van der Waals surface area contributed by atoms with E-state index in [0.717, 1.165) is 17.3 Å². The molecule has 5 nitrogen and oxygen atoms in total. The van der Waals surface area contributed by atoms with Crippen LogP contribution in [-0.4, -0.2) is 60.4 Å². The second-order valence-electron chi connectivity index (χ2n) is 6.03. The molecule has 1 heterocycles. The van der Waals surface area contributed by atoms with Crippen molar-refractivity contribution in [3.8, 4) is 0 Å². The van der Waals surface area contributed by atoms with Crippen LogP contribution < -0.4 is 5.32 Å². The third kappa shape index (κ3) is 4.46. The third-order valence-corrected chi connectivity index (χ3v) is 4.95. The molecule has 7 heteroatoms. The first kappa shape index (κ1) is 16.7. The molecule has 2 aliphatic rings. The van der Waals surface area contributed by atoms with Crippen molar-refractivity contribution in [1.82, 2.24) is 15.1 Å². The van der Waals surface area contributed by atoms with Crippen LogP contribution in [0.3, 0.4) is 0 Å². The van der Waals surface area contributed by atoms with Gasteiger partial charge in [-0.2, -0.15) is 0 Å². The number of halogens is 2. The molecule has 0 bridgehead atoms. The molecule has 1 N–H and O–H groups in total. The van der Waals surface area contributed by atoms with E-state index >= 15 is 0 Å². The molecule has 2 fully saturated rings. The maximum absolute atomic E-state index is 12.6. The number of nitrogens with zero attached hydrogens (tertiary/aromatic N) is 2. The fourth-order valence-corrected chi connectivity index (χ4v) is 3.20. The van der Waals surface area contributed by atoms with E-state index in [2.05, 4.69) is 26.1 Å². The molecule has 1 saturated heterocycles. The van der Waals surface area contributed by atoms with Gasteiger partial charge in [0.1, 0.15) is 0 Å². The van der Waals surface area contributed by atoms with Gasteiger partial charge in [-0.25, -0.2) is 0 Å². The van der Waals surface area contributed by atoms with Crippen molar-refractivity contribution < 1.29 is 9.59 Å². The minimum absolute atomic E-state index is 0.0571. The summed E-state index contributed by atoms with van der Waals surface area (Å²) >= 11 is 9.50. The molecule has 0 atom stereocenters. The van der Waals surface area contributed by atoms with E-state index < -0.39 is 0 Å². The first-order valence-electron chi connectivity index (χ1n) is 7.79. The summed E-state index contributed by atoms with van der Waals surface area (Å²) < 4.78 is 0.834. The zero-order chi connectivity index (χ0) is 16.4. The summed E-state index contributed by atoms with van der Waals surface area (Å²) in [7, 11) is 0. The van der Waals surface area contributed by atoms with Crippen molar-refractivity contribution in [2.45, 2.75) is 18.9 Å². The summed E-state index contributed by atoms with van der Waals surface area (Å²) in [5, 5.41) is 3.45. The number of nitrogens with one attached hydrogen (secondary N) is 1. The van der Waals surface area contributed by atoms with E-state index in [1.54, 1.807) is 17.0 Å². The summed E-state index contributed by atoms with van der Waals surface area (Å²) in [6.07, 6.45) is 2.20. The van der Waals surface area contributed by atoms with Gasteiger partial charge >= 0.3 is 0 Å². The molecule has 1 aliphatic carbocycles. The molecule has 23 heavy (non-hydrogen) atoms. The van der Waals surface area contributed by atoms with Gasteiger partial charge in [0.15, 0.2) is 0 Å². The molecule has 1 saturated carbocycles. The van der Waals surface area contributed by atoms with E-state index in [0.29, 0.717) is 49.4 Å². The smallest absolute Gasteiger partial charge is 0.255 e. The number of carbonyl (C=O) groups is 2. The number of rotatable bonds is 4. The maximum atomic E-state index is 12.6. The van der Waals surface area contributed by atoms with Crippen molar-refractivity contribution in [2.24, 2.45) is 0 Å². The molecule has 0 aromatic heterocycles. The molecule has 0 unspecified atom stereocenters. The molecular weight excluding hydrogens is 382 g/mol. The molecule has 0 spiro atoms. The maximum Gasteiger partial charge on any atom is 0.255 e.